The molecule has 21 heteroatoms. The van der Waals surface area contributed by atoms with Crippen molar-refractivity contribution in [2.45, 2.75) is 101 Å². The molecule has 0 aromatic carbocycles. The molecule has 1 N–H and O–H groups in total. The summed E-state index contributed by atoms with van der Waals surface area (Å²) in [6.45, 7) is 21.1. The minimum Gasteiger partial charge on any atom is -0.256 e. The van der Waals surface area contributed by atoms with E-state index in [0.717, 1.165) is 67.4 Å². The lowest BCUT2D eigenvalue weighted by molar-refractivity contribution is 0.601. The van der Waals surface area contributed by atoms with E-state index in [1.165, 1.54) is 5.69 Å². The fourth-order valence-corrected chi connectivity index (χ4v) is 3.75. The van der Waals surface area contributed by atoms with Crippen molar-refractivity contribution in [3.63, 3.8) is 0 Å². The van der Waals surface area contributed by atoms with Gasteiger partial charge in [0.2, 0.25) is 0 Å². The first-order chi connectivity index (χ1) is 25.5. The summed E-state index contributed by atoms with van der Waals surface area (Å²) in [5.74, 6) is 0. The zero-order chi connectivity index (χ0) is 39.4. The molecular formula is C32H57N21. The molecule has 7 aromatic heterocycles. The van der Waals surface area contributed by atoms with E-state index >= 15 is 0 Å². The molecule has 0 atom stereocenters. The summed E-state index contributed by atoms with van der Waals surface area (Å²) >= 11 is 0. The maximum Gasteiger partial charge on any atom is 0.0856 e. The summed E-state index contributed by atoms with van der Waals surface area (Å²) < 4.78 is 10.6. The third kappa shape index (κ3) is 18.7. The van der Waals surface area contributed by atoms with Crippen LogP contribution in [0.1, 0.15) is 75.7 Å². The molecule has 21 nitrogen and oxygen atoms in total. The Hall–Kier alpha value is -6.02. The molecule has 0 amide bonds. The molecular weight excluding hydrogens is 678 g/mol. The van der Waals surface area contributed by atoms with Crippen LogP contribution in [0.15, 0.2) is 49.6 Å². The minimum absolute atomic E-state index is 0.903. The summed E-state index contributed by atoms with van der Waals surface area (Å²) in [4.78, 5) is 0. The minimum atomic E-state index is 0.903. The Morgan fingerprint density at radius 1 is 0.566 bits per heavy atom. The molecule has 0 bridgehead atoms. The van der Waals surface area contributed by atoms with Crippen molar-refractivity contribution in [1.82, 2.24) is 105 Å². The Bertz CT molecular complexity index is 1710. The van der Waals surface area contributed by atoms with Crippen LogP contribution in [0.2, 0.25) is 0 Å². The van der Waals surface area contributed by atoms with Crippen LogP contribution in [0.3, 0.4) is 0 Å². The van der Waals surface area contributed by atoms with Crippen molar-refractivity contribution in [2.24, 2.45) is 21.1 Å². The van der Waals surface area contributed by atoms with E-state index in [4.69, 9.17) is 0 Å². The van der Waals surface area contributed by atoms with Crippen molar-refractivity contribution in [2.75, 3.05) is 0 Å². The van der Waals surface area contributed by atoms with E-state index in [9.17, 15) is 0 Å². The fourth-order valence-electron chi connectivity index (χ4n) is 3.75. The van der Waals surface area contributed by atoms with Crippen LogP contribution in [-0.4, -0.2) is 105 Å². The van der Waals surface area contributed by atoms with Crippen LogP contribution < -0.4 is 0 Å². The molecule has 0 radical (unpaired) electrons. The number of hydrogen-bond donors (Lipinski definition) is 1. The molecule has 0 saturated heterocycles. The largest absolute Gasteiger partial charge is 0.256 e. The van der Waals surface area contributed by atoms with Crippen LogP contribution in [0, 0.1) is 20.8 Å². The summed E-state index contributed by atoms with van der Waals surface area (Å²) in [5, 5.41) is 54.7. The zero-order valence-corrected chi connectivity index (χ0v) is 33.3. The first kappa shape index (κ1) is 45.0. The Labute approximate surface area is 311 Å². The Kier molecular flexibility index (Phi) is 22.7. The molecule has 0 fully saturated rings. The SMILES string of the molecule is CCc1cn(CC)nn1.CCc1nnn(CC)c1CC.CCn1ccnn1.Cc1cn(C)nn1.Cc1nnn(C)c1C.Cn1ccnn1.c1cn[nH]n1. The monoisotopic (exact) mass is 736 g/mol. The number of nitrogens with zero attached hydrogens (tertiary/aromatic N) is 20. The van der Waals surface area contributed by atoms with Gasteiger partial charge >= 0.3 is 0 Å². The predicted molar refractivity (Wildman–Crippen MR) is 199 cm³/mol. The van der Waals surface area contributed by atoms with Crippen molar-refractivity contribution in [3.8, 4) is 0 Å². The highest BCUT2D eigenvalue weighted by atomic mass is 15.4. The molecule has 0 spiro atoms. The summed E-state index contributed by atoms with van der Waals surface area (Å²) in [6.07, 6.45) is 16.9. The molecule has 0 aliphatic rings. The molecule has 7 heterocycles. The maximum absolute atomic E-state index is 4.09. The Morgan fingerprint density at radius 3 is 1.51 bits per heavy atom. The quantitative estimate of drug-likeness (QED) is 0.259. The molecule has 0 aliphatic heterocycles. The van der Waals surface area contributed by atoms with Crippen molar-refractivity contribution < 1.29 is 0 Å². The van der Waals surface area contributed by atoms with Gasteiger partial charge < -0.3 is 0 Å². The molecule has 0 aliphatic carbocycles. The normalized spacial score (nSPS) is 9.58. The number of H-pyrrole nitrogens is 1. The third-order valence-electron chi connectivity index (χ3n) is 6.88. The highest BCUT2D eigenvalue weighted by Crippen LogP contribution is 2.06. The van der Waals surface area contributed by atoms with Gasteiger partial charge in [0, 0.05) is 65.6 Å². The average molecular weight is 736 g/mol. The first-order valence-corrected chi connectivity index (χ1v) is 17.4. The Morgan fingerprint density at radius 2 is 1.25 bits per heavy atom. The van der Waals surface area contributed by atoms with E-state index in [1.807, 2.05) is 83.7 Å². The van der Waals surface area contributed by atoms with Crippen LogP contribution in [0.5, 0.6) is 0 Å². The fraction of sp³-hybridized carbons (Fsp3) is 0.562. The highest BCUT2D eigenvalue weighted by molar-refractivity contribution is 5.09. The lowest BCUT2D eigenvalue weighted by atomic mass is 10.2. The lowest BCUT2D eigenvalue weighted by Crippen LogP contribution is -2.02. The van der Waals surface area contributed by atoms with E-state index < -0.39 is 0 Å². The third-order valence-corrected chi connectivity index (χ3v) is 6.88. The molecule has 53 heavy (non-hydrogen) atoms. The van der Waals surface area contributed by atoms with E-state index in [2.05, 4.69) is 105 Å². The number of rotatable bonds is 6. The standard InChI is InChI=1S/C8H15N3.C6H11N3.C5H9N3.2C4H7N3.C3H5N3.C2H3N3/c1-4-7-8(5-2)11(6-3)10-9-7;1-3-6-5-9(4-2)8-7-6;1-4-5(2)8(3)7-6-4;1-4-3-7(2)6-5-4;1-2-7-4-3-5-6-7;1-6-3-2-4-5-6;1-2-4-5-3-1/h4-6H2,1-3H3;5H,3-4H2,1-2H3;1-3H3;3H,1-2H3;3-4H,2H2,1H3;2-3H,1H3;1-2H,(H,3,4,5). The second kappa shape index (κ2) is 26.7. The van der Waals surface area contributed by atoms with Gasteiger partial charge in [-0.05, 0) is 60.8 Å². The first-order valence-electron chi connectivity index (χ1n) is 17.4. The van der Waals surface area contributed by atoms with Gasteiger partial charge in [0.25, 0.3) is 0 Å². The van der Waals surface area contributed by atoms with Crippen molar-refractivity contribution in [1.29, 1.82) is 0 Å². The zero-order valence-electron chi connectivity index (χ0n) is 33.3. The van der Waals surface area contributed by atoms with Gasteiger partial charge in [-0.2, -0.15) is 15.4 Å². The average Bonchev–Trinajstić information content (AvgIpc) is 4.03. The summed E-state index contributed by atoms with van der Waals surface area (Å²) in [6, 6.07) is 0. The van der Waals surface area contributed by atoms with Gasteiger partial charge in [-0.15, -0.1) is 30.6 Å². The predicted octanol–water partition coefficient (Wildman–Crippen LogP) is 2.76. The smallest absolute Gasteiger partial charge is 0.0856 e. The highest BCUT2D eigenvalue weighted by Gasteiger charge is 2.06. The van der Waals surface area contributed by atoms with E-state index in [-0.39, 0.29) is 0 Å². The number of nitrogens with one attached hydrogen (secondary N) is 1. The molecule has 290 valence electrons. The van der Waals surface area contributed by atoms with Crippen LogP contribution in [-0.2, 0) is 60.0 Å². The second-order valence-electron chi connectivity index (χ2n) is 10.8. The van der Waals surface area contributed by atoms with Gasteiger partial charge in [0.1, 0.15) is 0 Å². The van der Waals surface area contributed by atoms with Gasteiger partial charge in [0.15, 0.2) is 0 Å². The van der Waals surface area contributed by atoms with E-state index in [1.54, 1.807) is 49.7 Å². The number of aryl methyl sites for hydroxylation is 10. The van der Waals surface area contributed by atoms with Gasteiger partial charge in [-0.3, -0.25) is 23.4 Å². The number of aromatic amines is 1. The van der Waals surface area contributed by atoms with Crippen LogP contribution in [0.4, 0.5) is 0 Å². The van der Waals surface area contributed by atoms with Gasteiger partial charge in [-0.25, -0.2) is 4.68 Å². The molecule has 7 aromatic rings. The second-order valence-corrected chi connectivity index (χ2v) is 10.8. The number of hydrogen-bond acceptors (Lipinski definition) is 14. The molecule has 0 unspecified atom stereocenters. The summed E-state index contributed by atoms with van der Waals surface area (Å²) in [7, 11) is 5.56. The molecule has 7 rings (SSSR count). The Balaban J connectivity index is 0.000000313. The maximum atomic E-state index is 4.09. The summed E-state index contributed by atoms with van der Waals surface area (Å²) in [5.41, 5.74) is 6.60. The lowest BCUT2D eigenvalue weighted by Gasteiger charge is -2.00. The van der Waals surface area contributed by atoms with Crippen molar-refractivity contribution in [3.05, 3.63) is 83.7 Å². The van der Waals surface area contributed by atoms with Crippen LogP contribution >= 0.6 is 0 Å². The van der Waals surface area contributed by atoms with Gasteiger partial charge in [-0.1, -0.05) is 52.1 Å². The van der Waals surface area contributed by atoms with E-state index in [0.29, 0.717) is 0 Å². The van der Waals surface area contributed by atoms with Crippen molar-refractivity contribution >= 4 is 0 Å². The van der Waals surface area contributed by atoms with Crippen LogP contribution in [0.25, 0.3) is 0 Å². The molecule has 0 saturated carbocycles. The topological polar surface area (TPSA) is 226 Å². The number of aromatic nitrogens is 21. The van der Waals surface area contributed by atoms with Gasteiger partial charge in [0.05, 0.1) is 59.0 Å².